The largest absolute Gasteiger partial charge is 0.542 e. The van der Waals surface area contributed by atoms with Gasteiger partial charge in [-0.2, -0.15) is 0 Å². The van der Waals surface area contributed by atoms with Gasteiger partial charge in [-0.05, 0) is 12.3 Å². The van der Waals surface area contributed by atoms with Gasteiger partial charge in [0.05, 0.1) is 0 Å². The Bertz CT molecular complexity index is 176. The molecule has 0 aliphatic carbocycles. The van der Waals surface area contributed by atoms with Crippen LogP contribution in [0, 0.1) is 0 Å². The highest BCUT2D eigenvalue weighted by molar-refractivity contribution is 7.99. The van der Waals surface area contributed by atoms with Crippen molar-refractivity contribution in [2.45, 2.75) is 11.9 Å². The summed E-state index contributed by atoms with van der Waals surface area (Å²) >= 11 is 1.49. The average molecular weight is 159 g/mol. The summed E-state index contributed by atoms with van der Waals surface area (Å²) in [6.45, 7) is 0. The molecule has 3 nitrogen and oxygen atoms in total. The first-order valence-corrected chi connectivity index (χ1v) is 4.14. The zero-order chi connectivity index (χ0) is 7.56. The molecule has 0 aromatic heterocycles. The van der Waals surface area contributed by atoms with Crippen molar-refractivity contribution in [2.24, 2.45) is 0 Å². The zero-order valence-corrected chi connectivity index (χ0v) is 6.31. The van der Waals surface area contributed by atoms with Gasteiger partial charge in [-0.3, -0.25) is 0 Å². The molecule has 1 aliphatic rings. The van der Waals surface area contributed by atoms with E-state index in [4.69, 9.17) is 4.74 Å². The predicted molar refractivity (Wildman–Crippen MR) is 36.1 cm³/mol. The molecule has 0 aromatic rings. The van der Waals surface area contributed by atoms with Crippen LogP contribution in [-0.2, 0) is 9.53 Å². The average Bonchev–Trinajstić information content (AvgIpc) is 2.34. The summed E-state index contributed by atoms with van der Waals surface area (Å²) in [7, 11) is 0. The van der Waals surface area contributed by atoms with Crippen molar-refractivity contribution in [2.75, 3.05) is 6.26 Å². The highest BCUT2D eigenvalue weighted by Gasteiger charge is 2.16. The number of thioether (sulfide) groups is 1. The molecule has 1 atom stereocenters. The zero-order valence-electron chi connectivity index (χ0n) is 5.49. The number of aliphatic carboxylic acids is 1. The SMILES string of the molecule is CSC1CC=C(C(=O)[O-])O1. The van der Waals surface area contributed by atoms with Crippen molar-refractivity contribution in [3.63, 3.8) is 0 Å². The lowest BCUT2D eigenvalue weighted by Crippen LogP contribution is -2.25. The molecule has 0 fully saturated rings. The van der Waals surface area contributed by atoms with Crippen LogP contribution in [0.1, 0.15) is 6.42 Å². The lowest BCUT2D eigenvalue weighted by Gasteiger charge is -2.09. The third-order valence-corrected chi connectivity index (χ3v) is 2.03. The maximum atomic E-state index is 10.1. The fraction of sp³-hybridized carbons (Fsp3) is 0.500. The Hall–Kier alpha value is -0.640. The van der Waals surface area contributed by atoms with Crippen LogP contribution < -0.4 is 5.11 Å². The normalized spacial score (nSPS) is 23.7. The number of hydrogen-bond acceptors (Lipinski definition) is 4. The predicted octanol–water partition coefficient (Wildman–Crippen LogP) is -0.270. The third kappa shape index (κ3) is 1.44. The third-order valence-electron chi connectivity index (χ3n) is 1.22. The van der Waals surface area contributed by atoms with E-state index in [0.29, 0.717) is 6.42 Å². The molecule has 0 bridgehead atoms. The van der Waals surface area contributed by atoms with E-state index >= 15 is 0 Å². The smallest absolute Gasteiger partial charge is 0.147 e. The molecule has 0 N–H and O–H groups in total. The van der Waals surface area contributed by atoms with E-state index in [0.717, 1.165) is 0 Å². The fourth-order valence-electron chi connectivity index (χ4n) is 0.717. The molecule has 0 spiro atoms. The first-order valence-electron chi connectivity index (χ1n) is 2.85. The summed E-state index contributed by atoms with van der Waals surface area (Å²) in [5, 5.41) is 10.1. The summed E-state index contributed by atoms with van der Waals surface area (Å²) in [6, 6.07) is 0. The lowest BCUT2D eigenvalue weighted by atomic mass is 10.4. The first kappa shape index (κ1) is 7.47. The molecule has 1 aliphatic heterocycles. The number of ether oxygens (including phenoxy) is 1. The number of carbonyl (C=O) groups is 1. The standard InChI is InChI=1S/C6H8O3S/c1-10-5-3-2-4(9-5)6(7)8/h2,5H,3H2,1H3,(H,7,8)/p-1. The topological polar surface area (TPSA) is 49.4 Å². The summed E-state index contributed by atoms with van der Waals surface area (Å²) < 4.78 is 4.93. The van der Waals surface area contributed by atoms with Crippen molar-refractivity contribution >= 4 is 17.7 Å². The Balaban J connectivity index is 2.47. The van der Waals surface area contributed by atoms with E-state index in [-0.39, 0.29) is 11.2 Å². The molecule has 10 heavy (non-hydrogen) atoms. The summed E-state index contributed by atoms with van der Waals surface area (Å²) in [5.41, 5.74) is -0.0344. The minimum absolute atomic E-state index is 0.0284. The van der Waals surface area contributed by atoms with Gasteiger partial charge < -0.3 is 14.6 Å². The van der Waals surface area contributed by atoms with Gasteiger partial charge in [0.25, 0.3) is 0 Å². The van der Waals surface area contributed by atoms with E-state index < -0.39 is 5.97 Å². The molecule has 1 rings (SSSR count). The van der Waals surface area contributed by atoms with E-state index in [9.17, 15) is 9.90 Å². The number of carboxylic acids is 1. The Morgan fingerprint density at radius 3 is 3.00 bits per heavy atom. The number of rotatable bonds is 2. The van der Waals surface area contributed by atoms with Crippen LogP contribution in [-0.4, -0.2) is 17.7 Å². The van der Waals surface area contributed by atoms with Gasteiger partial charge in [0.1, 0.15) is 17.2 Å². The minimum atomic E-state index is -1.23. The van der Waals surface area contributed by atoms with Gasteiger partial charge in [-0.15, -0.1) is 11.8 Å². The lowest BCUT2D eigenvalue weighted by molar-refractivity contribution is -0.303. The second-order valence-electron chi connectivity index (χ2n) is 1.87. The van der Waals surface area contributed by atoms with Crippen LogP contribution in [0.25, 0.3) is 0 Å². The van der Waals surface area contributed by atoms with E-state index in [1.165, 1.54) is 17.8 Å². The van der Waals surface area contributed by atoms with Gasteiger partial charge in [-0.25, -0.2) is 0 Å². The molecular weight excluding hydrogens is 152 g/mol. The fourth-order valence-corrected chi connectivity index (χ4v) is 1.21. The van der Waals surface area contributed by atoms with E-state index in [2.05, 4.69) is 0 Å². The molecule has 0 aromatic carbocycles. The van der Waals surface area contributed by atoms with Crippen LogP contribution in [0.2, 0.25) is 0 Å². The van der Waals surface area contributed by atoms with E-state index in [1.807, 2.05) is 6.26 Å². The van der Waals surface area contributed by atoms with Crippen molar-refractivity contribution in [1.82, 2.24) is 0 Å². The highest BCUT2D eigenvalue weighted by Crippen LogP contribution is 2.23. The van der Waals surface area contributed by atoms with Crippen LogP contribution in [0.15, 0.2) is 11.8 Å². The molecule has 1 heterocycles. The molecule has 1 unspecified atom stereocenters. The monoisotopic (exact) mass is 159 g/mol. The van der Waals surface area contributed by atoms with Gasteiger partial charge >= 0.3 is 0 Å². The van der Waals surface area contributed by atoms with Crippen LogP contribution in [0.5, 0.6) is 0 Å². The van der Waals surface area contributed by atoms with Crippen LogP contribution >= 0.6 is 11.8 Å². The second kappa shape index (κ2) is 2.96. The van der Waals surface area contributed by atoms with E-state index in [1.54, 1.807) is 0 Å². The number of carbonyl (C=O) groups excluding carboxylic acids is 1. The van der Waals surface area contributed by atoms with Gasteiger partial charge in [-0.1, -0.05) is 0 Å². The summed E-state index contributed by atoms with van der Waals surface area (Å²) in [5.74, 6) is -1.25. The molecule has 0 saturated carbocycles. The van der Waals surface area contributed by atoms with Gasteiger partial charge in [0.15, 0.2) is 0 Å². The molecule has 4 heteroatoms. The Morgan fingerprint density at radius 2 is 2.70 bits per heavy atom. The Morgan fingerprint density at radius 1 is 2.00 bits per heavy atom. The van der Waals surface area contributed by atoms with Crippen LogP contribution in [0.3, 0.4) is 0 Å². The highest BCUT2D eigenvalue weighted by atomic mass is 32.2. The second-order valence-corrected chi connectivity index (χ2v) is 2.87. The summed E-state index contributed by atoms with van der Waals surface area (Å²) in [6.07, 6.45) is 4.07. The summed E-state index contributed by atoms with van der Waals surface area (Å²) in [4.78, 5) is 10.1. The van der Waals surface area contributed by atoms with Gasteiger partial charge in [0, 0.05) is 6.42 Å². The molecule has 0 radical (unpaired) electrons. The Labute approximate surface area is 63.1 Å². The Kier molecular flexibility index (Phi) is 2.21. The van der Waals surface area contributed by atoms with Crippen LogP contribution in [0.4, 0.5) is 0 Å². The molecular formula is C6H7O3S-. The first-order chi connectivity index (χ1) is 4.74. The van der Waals surface area contributed by atoms with Crippen molar-refractivity contribution in [3.8, 4) is 0 Å². The van der Waals surface area contributed by atoms with Crippen molar-refractivity contribution < 1.29 is 14.6 Å². The van der Waals surface area contributed by atoms with Crippen molar-refractivity contribution in [3.05, 3.63) is 11.8 Å². The molecule has 0 amide bonds. The van der Waals surface area contributed by atoms with Crippen molar-refractivity contribution in [1.29, 1.82) is 0 Å². The number of hydrogen-bond donors (Lipinski definition) is 0. The maximum Gasteiger partial charge on any atom is 0.147 e. The van der Waals surface area contributed by atoms with Gasteiger partial charge in [0.2, 0.25) is 0 Å². The minimum Gasteiger partial charge on any atom is -0.542 e. The number of carboxylic acid groups (broad SMARTS) is 1. The maximum absolute atomic E-state index is 10.1. The molecule has 0 saturated heterocycles. The molecule has 56 valence electrons. The quantitative estimate of drug-likeness (QED) is 0.556.